The molecule has 13 heavy (non-hydrogen) atoms. The standard InChI is InChI=1S/C9H19N3S/c1-8(2)12-5-3-11(4-6-12)7-9(10)13/h8H,3-7H2,1-2H3,(H2,10,13). The van der Waals surface area contributed by atoms with E-state index in [2.05, 4.69) is 23.6 Å². The lowest BCUT2D eigenvalue weighted by atomic mass is 10.2. The molecule has 0 bridgehead atoms. The third kappa shape index (κ3) is 3.58. The van der Waals surface area contributed by atoms with Crippen molar-refractivity contribution < 1.29 is 0 Å². The highest BCUT2D eigenvalue weighted by molar-refractivity contribution is 7.80. The maximum atomic E-state index is 5.49. The molecule has 2 N–H and O–H groups in total. The van der Waals surface area contributed by atoms with Gasteiger partial charge in [-0.3, -0.25) is 9.80 Å². The van der Waals surface area contributed by atoms with E-state index in [1.54, 1.807) is 0 Å². The van der Waals surface area contributed by atoms with Gasteiger partial charge in [0.2, 0.25) is 0 Å². The van der Waals surface area contributed by atoms with Gasteiger partial charge in [0.1, 0.15) is 0 Å². The van der Waals surface area contributed by atoms with Crippen LogP contribution in [0.5, 0.6) is 0 Å². The molecular weight excluding hydrogens is 182 g/mol. The minimum Gasteiger partial charge on any atom is -0.392 e. The molecule has 3 nitrogen and oxygen atoms in total. The van der Waals surface area contributed by atoms with E-state index in [1.807, 2.05) is 0 Å². The van der Waals surface area contributed by atoms with Crippen molar-refractivity contribution in [2.75, 3.05) is 32.7 Å². The second kappa shape index (κ2) is 4.88. The molecule has 0 aromatic carbocycles. The smallest absolute Gasteiger partial charge is 0.0870 e. The van der Waals surface area contributed by atoms with Crippen LogP contribution in [0.15, 0.2) is 0 Å². The summed E-state index contributed by atoms with van der Waals surface area (Å²) in [4.78, 5) is 5.41. The number of piperazine rings is 1. The summed E-state index contributed by atoms with van der Waals surface area (Å²) in [5, 5.41) is 0. The van der Waals surface area contributed by atoms with Gasteiger partial charge in [0, 0.05) is 38.8 Å². The molecule has 1 aliphatic rings. The molecule has 76 valence electrons. The minimum atomic E-state index is 0.609. The molecule has 0 aromatic heterocycles. The predicted octanol–water partition coefficient (Wildman–Crippen LogP) is 0.299. The molecule has 0 amide bonds. The summed E-state index contributed by atoms with van der Waals surface area (Å²) >= 11 is 4.88. The number of hydrogen-bond acceptors (Lipinski definition) is 3. The Morgan fingerprint density at radius 1 is 1.31 bits per heavy atom. The minimum absolute atomic E-state index is 0.609. The predicted molar refractivity (Wildman–Crippen MR) is 59.9 cm³/mol. The maximum absolute atomic E-state index is 5.49. The fourth-order valence-corrected chi connectivity index (χ4v) is 1.84. The lowest BCUT2D eigenvalue weighted by Crippen LogP contribution is -2.50. The van der Waals surface area contributed by atoms with Crippen LogP contribution in [-0.2, 0) is 0 Å². The third-order valence-electron chi connectivity index (χ3n) is 2.52. The molecule has 1 aliphatic heterocycles. The molecule has 0 saturated carbocycles. The van der Waals surface area contributed by atoms with Gasteiger partial charge in [-0.1, -0.05) is 12.2 Å². The van der Waals surface area contributed by atoms with E-state index in [4.69, 9.17) is 18.0 Å². The Hall–Kier alpha value is -0.190. The van der Waals surface area contributed by atoms with E-state index in [9.17, 15) is 0 Å². The van der Waals surface area contributed by atoms with E-state index in [0.29, 0.717) is 11.0 Å². The fraction of sp³-hybridized carbons (Fsp3) is 0.889. The molecule has 1 fully saturated rings. The second-order valence-corrected chi connectivity index (χ2v) is 4.40. The molecule has 1 heterocycles. The van der Waals surface area contributed by atoms with E-state index in [1.165, 1.54) is 0 Å². The first-order chi connectivity index (χ1) is 6.09. The summed E-state index contributed by atoms with van der Waals surface area (Å²) in [6.07, 6.45) is 0. The van der Waals surface area contributed by atoms with Gasteiger partial charge in [-0.15, -0.1) is 0 Å². The van der Waals surface area contributed by atoms with Crippen LogP contribution in [0.1, 0.15) is 13.8 Å². The van der Waals surface area contributed by atoms with Crippen LogP contribution in [0.4, 0.5) is 0 Å². The number of hydrogen-bond donors (Lipinski definition) is 1. The highest BCUT2D eigenvalue weighted by Crippen LogP contribution is 2.04. The molecule has 1 rings (SSSR count). The van der Waals surface area contributed by atoms with Crippen molar-refractivity contribution in [3.05, 3.63) is 0 Å². The maximum Gasteiger partial charge on any atom is 0.0870 e. The van der Waals surface area contributed by atoms with Crippen LogP contribution in [-0.4, -0.2) is 53.6 Å². The van der Waals surface area contributed by atoms with Crippen molar-refractivity contribution >= 4 is 17.2 Å². The van der Waals surface area contributed by atoms with Gasteiger partial charge < -0.3 is 5.73 Å². The number of nitrogens with zero attached hydrogens (tertiary/aromatic N) is 2. The Morgan fingerprint density at radius 3 is 2.23 bits per heavy atom. The quantitative estimate of drug-likeness (QED) is 0.666. The van der Waals surface area contributed by atoms with Crippen LogP contribution < -0.4 is 5.73 Å². The second-order valence-electron chi connectivity index (χ2n) is 3.87. The average molecular weight is 201 g/mol. The Kier molecular flexibility index (Phi) is 4.09. The van der Waals surface area contributed by atoms with Crippen LogP contribution in [0, 0.1) is 0 Å². The van der Waals surface area contributed by atoms with Crippen molar-refractivity contribution in [3.8, 4) is 0 Å². The Bertz CT molecular complexity index is 174. The van der Waals surface area contributed by atoms with Crippen molar-refractivity contribution in [2.45, 2.75) is 19.9 Å². The number of nitrogens with two attached hydrogens (primary N) is 1. The molecule has 4 heteroatoms. The van der Waals surface area contributed by atoms with Gasteiger partial charge in [0.15, 0.2) is 0 Å². The van der Waals surface area contributed by atoms with Gasteiger partial charge in [0.05, 0.1) is 4.99 Å². The van der Waals surface area contributed by atoms with Crippen molar-refractivity contribution in [1.29, 1.82) is 0 Å². The molecule has 0 aliphatic carbocycles. The zero-order chi connectivity index (χ0) is 9.84. The molecule has 0 spiro atoms. The zero-order valence-electron chi connectivity index (χ0n) is 8.49. The number of thiocarbonyl (C=S) groups is 1. The molecular formula is C9H19N3S. The molecule has 0 atom stereocenters. The highest BCUT2D eigenvalue weighted by atomic mass is 32.1. The monoisotopic (exact) mass is 201 g/mol. The summed E-state index contributed by atoms with van der Waals surface area (Å²) in [5.74, 6) is 0. The summed E-state index contributed by atoms with van der Waals surface area (Å²) in [7, 11) is 0. The summed E-state index contributed by atoms with van der Waals surface area (Å²) in [5.41, 5.74) is 5.49. The van der Waals surface area contributed by atoms with E-state index in [-0.39, 0.29) is 0 Å². The third-order valence-corrected chi connectivity index (χ3v) is 2.65. The summed E-state index contributed by atoms with van der Waals surface area (Å²) in [6.45, 7) is 9.72. The van der Waals surface area contributed by atoms with E-state index >= 15 is 0 Å². The van der Waals surface area contributed by atoms with Gasteiger partial charge >= 0.3 is 0 Å². The first kappa shape index (κ1) is 10.9. The fourth-order valence-electron chi connectivity index (χ4n) is 1.66. The first-order valence-corrected chi connectivity index (χ1v) is 5.25. The largest absolute Gasteiger partial charge is 0.392 e. The van der Waals surface area contributed by atoms with Crippen molar-refractivity contribution in [2.24, 2.45) is 5.73 Å². The Morgan fingerprint density at radius 2 is 1.85 bits per heavy atom. The van der Waals surface area contributed by atoms with Crippen LogP contribution in [0.3, 0.4) is 0 Å². The molecule has 0 radical (unpaired) electrons. The van der Waals surface area contributed by atoms with Crippen LogP contribution in [0.2, 0.25) is 0 Å². The molecule has 1 saturated heterocycles. The lowest BCUT2D eigenvalue weighted by molar-refractivity contribution is 0.119. The molecule has 0 unspecified atom stereocenters. The average Bonchev–Trinajstić information content (AvgIpc) is 2.04. The van der Waals surface area contributed by atoms with E-state index < -0.39 is 0 Å². The van der Waals surface area contributed by atoms with Crippen LogP contribution in [0.25, 0.3) is 0 Å². The number of rotatable bonds is 3. The topological polar surface area (TPSA) is 32.5 Å². The van der Waals surface area contributed by atoms with Crippen molar-refractivity contribution in [1.82, 2.24) is 9.80 Å². The van der Waals surface area contributed by atoms with Gasteiger partial charge in [-0.25, -0.2) is 0 Å². The summed E-state index contributed by atoms with van der Waals surface area (Å²) < 4.78 is 0. The van der Waals surface area contributed by atoms with Crippen LogP contribution >= 0.6 is 12.2 Å². The normalized spacial score (nSPS) is 20.8. The van der Waals surface area contributed by atoms with E-state index in [0.717, 1.165) is 32.7 Å². The van der Waals surface area contributed by atoms with Gasteiger partial charge in [-0.05, 0) is 13.8 Å². The zero-order valence-corrected chi connectivity index (χ0v) is 9.31. The molecule has 0 aromatic rings. The Balaban J connectivity index is 2.26. The lowest BCUT2D eigenvalue weighted by Gasteiger charge is -2.36. The Labute approximate surface area is 85.9 Å². The SMILES string of the molecule is CC(C)N1CCN(CC(N)=S)CC1. The van der Waals surface area contributed by atoms with Gasteiger partial charge in [-0.2, -0.15) is 0 Å². The van der Waals surface area contributed by atoms with Gasteiger partial charge in [0.25, 0.3) is 0 Å². The summed E-state index contributed by atoms with van der Waals surface area (Å²) in [6, 6.07) is 0.659. The first-order valence-electron chi connectivity index (χ1n) is 4.84. The highest BCUT2D eigenvalue weighted by Gasteiger charge is 2.18. The van der Waals surface area contributed by atoms with Crippen molar-refractivity contribution in [3.63, 3.8) is 0 Å².